The molecule has 0 radical (unpaired) electrons. The monoisotopic (exact) mass is 394 g/mol. The summed E-state index contributed by atoms with van der Waals surface area (Å²) in [5.41, 5.74) is 4.43. The Morgan fingerprint density at radius 1 is 0.862 bits per heavy atom. The van der Waals surface area contributed by atoms with E-state index in [0.717, 1.165) is 18.9 Å². The first-order valence-corrected chi connectivity index (χ1v) is 12.6. The molecule has 0 spiro atoms. The molecule has 0 aromatic heterocycles. The van der Waals surface area contributed by atoms with Crippen LogP contribution in [-0.4, -0.2) is 12.7 Å². The maximum absolute atomic E-state index is 6.04. The predicted molar refractivity (Wildman–Crippen MR) is 124 cm³/mol. The first kappa shape index (κ1) is 21.2. The average molecular weight is 395 g/mol. The number of ether oxygens (including phenoxy) is 1. The lowest BCUT2D eigenvalue weighted by Gasteiger charge is -2.54. The van der Waals surface area contributed by atoms with Crippen molar-refractivity contribution in [2.45, 2.75) is 115 Å². The van der Waals surface area contributed by atoms with Crippen LogP contribution >= 0.6 is 0 Å². The van der Waals surface area contributed by atoms with Crippen LogP contribution < -0.4 is 0 Å². The highest BCUT2D eigenvalue weighted by Gasteiger charge is 2.48. The van der Waals surface area contributed by atoms with Crippen LogP contribution in [0.2, 0.25) is 0 Å². The van der Waals surface area contributed by atoms with E-state index in [-0.39, 0.29) is 0 Å². The minimum Gasteiger partial charge on any atom is -0.374 e. The molecule has 5 rings (SSSR count). The molecular formula is C28H42O. The molecule has 29 heavy (non-hydrogen) atoms. The summed E-state index contributed by atoms with van der Waals surface area (Å²) in [6, 6.07) is 9.96. The molecule has 1 nitrogen and oxygen atoms in total. The van der Waals surface area contributed by atoms with Crippen LogP contribution in [0.1, 0.15) is 114 Å². The molecule has 1 aromatic rings. The fourth-order valence-corrected chi connectivity index (χ4v) is 6.70. The zero-order chi connectivity index (χ0) is 20.2. The molecule has 0 heterocycles. The number of benzene rings is 1. The molecular weight excluding hydrogens is 352 g/mol. The van der Waals surface area contributed by atoms with E-state index in [9.17, 15) is 0 Å². The normalized spacial score (nSPS) is 34.7. The fourth-order valence-electron chi connectivity index (χ4n) is 6.70. The summed E-state index contributed by atoms with van der Waals surface area (Å²) in [5.74, 6) is 0.738. The molecule has 0 atom stereocenters. The first-order chi connectivity index (χ1) is 14.2. The average Bonchev–Trinajstić information content (AvgIpc) is 2.79. The Bertz CT molecular complexity index is 638. The second-order valence-corrected chi connectivity index (χ2v) is 10.3. The molecule has 2 bridgehead atoms. The van der Waals surface area contributed by atoms with Crippen molar-refractivity contribution in [2.24, 2.45) is 5.41 Å². The van der Waals surface area contributed by atoms with Gasteiger partial charge in [0.2, 0.25) is 0 Å². The smallest absolute Gasteiger partial charge is 0.0651 e. The maximum Gasteiger partial charge on any atom is 0.0651 e. The SMILES string of the molecule is CC/C=C/COC1CCC(c2ccc(C34CCC(CCC)(CC3)CC4)cc2)CC1. The number of allylic oxidation sites excluding steroid dienone is 1. The quantitative estimate of drug-likeness (QED) is 0.405. The van der Waals surface area contributed by atoms with Gasteiger partial charge < -0.3 is 4.74 Å². The van der Waals surface area contributed by atoms with Gasteiger partial charge in [-0.05, 0) is 105 Å². The highest BCUT2D eigenvalue weighted by atomic mass is 16.5. The van der Waals surface area contributed by atoms with Gasteiger partial charge in [0.25, 0.3) is 0 Å². The van der Waals surface area contributed by atoms with Gasteiger partial charge in [0.15, 0.2) is 0 Å². The Morgan fingerprint density at radius 2 is 1.52 bits per heavy atom. The van der Waals surface area contributed by atoms with Crippen molar-refractivity contribution in [1.82, 2.24) is 0 Å². The Morgan fingerprint density at radius 3 is 2.10 bits per heavy atom. The topological polar surface area (TPSA) is 9.23 Å². The van der Waals surface area contributed by atoms with Crippen LogP contribution in [0.15, 0.2) is 36.4 Å². The predicted octanol–water partition coefficient (Wildman–Crippen LogP) is 8.09. The Hall–Kier alpha value is -1.08. The Labute approximate surface area is 179 Å². The van der Waals surface area contributed by atoms with Crippen molar-refractivity contribution >= 4 is 0 Å². The van der Waals surface area contributed by atoms with Gasteiger partial charge in [-0.25, -0.2) is 0 Å². The molecule has 0 unspecified atom stereocenters. The summed E-state index contributed by atoms with van der Waals surface area (Å²) in [7, 11) is 0. The molecule has 0 saturated heterocycles. The minimum atomic E-state index is 0.471. The summed E-state index contributed by atoms with van der Waals surface area (Å²) in [4.78, 5) is 0. The van der Waals surface area contributed by atoms with E-state index in [1.165, 1.54) is 77.0 Å². The van der Waals surface area contributed by atoms with Crippen molar-refractivity contribution in [3.05, 3.63) is 47.5 Å². The molecule has 0 N–H and O–H groups in total. The third-order valence-corrected chi connectivity index (χ3v) is 8.68. The second-order valence-electron chi connectivity index (χ2n) is 10.3. The first-order valence-electron chi connectivity index (χ1n) is 12.6. The summed E-state index contributed by atoms with van der Waals surface area (Å²) < 4.78 is 6.04. The zero-order valence-corrected chi connectivity index (χ0v) is 18.9. The fraction of sp³-hybridized carbons (Fsp3) is 0.714. The van der Waals surface area contributed by atoms with Crippen LogP contribution in [0, 0.1) is 5.41 Å². The van der Waals surface area contributed by atoms with Gasteiger partial charge in [-0.2, -0.15) is 0 Å². The highest BCUT2D eigenvalue weighted by molar-refractivity contribution is 5.33. The van der Waals surface area contributed by atoms with Crippen LogP contribution in [0.3, 0.4) is 0 Å². The summed E-state index contributed by atoms with van der Waals surface area (Å²) >= 11 is 0. The second kappa shape index (κ2) is 9.38. The van der Waals surface area contributed by atoms with Crippen molar-refractivity contribution in [2.75, 3.05) is 6.61 Å². The van der Waals surface area contributed by atoms with Gasteiger partial charge in [-0.1, -0.05) is 56.7 Å². The van der Waals surface area contributed by atoms with E-state index >= 15 is 0 Å². The van der Waals surface area contributed by atoms with Gasteiger partial charge in [0.05, 0.1) is 12.7 Å². The Kier molecular flexibility index (Phi) is 6.84. The van der Waals surface area contributed by atoms with Crippen molar-refractivity contribution in [3.8, 4) is 0 Å². The molecule has 1 heteroatoms. The molecule has 4 aliphatic rings. The van der Waals surface area contributed by atoms with E-state index < -0.39 is 0 Å². The van der Waals surface area contributed by atoms with Crippen LogP contribution in [0.5, 0.6) is 0 Å². The highest BCUT2D eigenvalue weighted by Crippen LogP contribution is 2.59. The third kappa shape index (κ3) is 4.66. The number of hydrogen-bond acceptors (Lipinski definition) is 1. The Balaban J connectivity index is 1.31. The van der Waals surface area contributed by atoms with Gasteiger partial charge >= 0.3 is 0 Å². The van der Waals surface area contributed by atoms with Gasteiger partial charge in [0.1, 0.15) is 0 Å². The molecule has 4 aliphatic carbocycles. The van der Waals surface area contributed by atoms with E-state index in [2.05, 4.69) is 50.3 Å². The number of rotatable bonds is 8. The molecule has 4 saturated carbocycles. The summed E-state index contributed by atoms with van der Waals surface area (Å²) in [6.07, 6.45) is 22.5. The van der Waals surface area contributed by atoms with Crippen LogP contribution in [-0.2, 0) is 10.2 Å². The number of hydrogen-bond donors (Lipinski definition) is 0. The maximum atomic E-state index is 6.04. The summed E-state index contributed by atoms with van der Waals surface area (Å²) in [5, 5.41) is 0. The largest absolute Gasteiger partial charge is 0.374 e. The molecule has 0 aliphatic heterocycles. The van der Waals surface area contributed by atoms with E-state index in [0.29, 0.717) is 16.9 Å². The lowest BCUT2D eigenvalue weighted by Crippen LogP contribution is -2.44. The van der Waals surface area contributed by atoms with E-state index in [1.54, 1.807) is 11.1 Å². The van der Waals surface area contributed by atoms with Crippen molar-refractivity contribution in [3.63, 3.8) is 0 Å². The van der Waals surface area contributed by atoms with Gasteiger partial charge in [-0.3, -0.25) is 0 Å². The molecule has 1 aromatic carbocycles. The van der Waals surface area contributed by atoms with Crippen molar-refractivity contribution in [1.29, 1.82) is 0 Å². The van der Waals surface area contributed by atoms with Crippen LogP contribution in [0.4, 0.5) is 0 Å². The minimum absolute atomic E-state index is 0.471. The third-order valence-electron chi connectivity index (χ3n) is 8.68. The van der Waals surface area contributed by atoms with Gasteiger partial charge in [-0.15, -0.1) is 0 Å². The molecule has 4 fully saturated rings. The summed E-state index contributed by atoms with van der Waals surface area (Å²) in [6.45, 7) is 5.33. The number of fused-ring (bicyclic) bond motifs is 3. The van der Waals surface area contributed by atoms with E-state index in [4.69, 9.17) is 4.74 Å². The molecule has 160 valence electrons. The molecule has 0 amide bonds. The lowest BCUT2D eigenvalue weighted by atomic mass is 9.51. The standard InChI is InChI=1S/C28H42O/c1-3-5-6-22-29-26-13-9-24(10-14-26)23-7-11-25(12-8-23)28-19-16-27(15-4-2,17-20-28)18-21-28/h5-8,11-12,24,26H,3-4,9-10,13-22H2,1-2H3/b6-5+. The zero-order valence-electron chi connectivity index (χ0n) is 18.9. The lowest BCUT2D eigenvalue weighted by molar-refractivity contribution is 0.0320. The van der Waals surface area contributed by atoms with Crippen molar-refractivity contribution < 1.29 is 4.74 Å². The van der Waals surface area contributed by atoms with Gasteiger partial charge in [0, 0.05) is 0 Å². The van der Waals surface area contributed by atoms with Crippen LogP contribution in [0.25, 0.3) is 0 Å². The van der Waals surface area contributed by atoms with E-state index in [1.807, 2.05) is 0 Å².